The van der Waals surface area contributed by atoms with E-state index in [4.69, 9.17) is 0 Å². The highest BCUT2D eigenvalue weighted by Crippen LogP contribution is 2.18. The Kier molecular flexibility index (Phi) is 4.19. The Hall–Kier alpha value is -1.21. The topological polar surface area (TPSA) is 107 Å². The fraction of sp³-hybridized carbons (Fsp3) is 0.556. The minimum atomic E-state index is -4.28. The van der Waals surface area contributed by atoms with Gasteiger partial charge in [-0.1, -0.05) is 0 Å². The van der Waals surface area contributed by atoms with Gasteiger partial charge in [-0.25, -0.2) is 8.42 Å². The Morgan fingerprint density at radius 1 is 1.44 bits per heavy atom. The quantitative estimate of drug-likeness (QED) is 0.562. The summed E-state index contributed by atoms with van der Waals surface area (Å²) in [5, 5.41) is 9.39. The number of aliphatic hydroxyl groups excluding tert-OH is 1. The van der Waals surface area contributed by atoms with E-state index in [1.165, 1.54) is 0 Å². The summed E-state index contributed by atoms with van der Waals surface area (Å²) in [5.74, 6) is -0.839. The van der Waals surface area contributed by atoms with Crippen molar-refractivity contribution >= 4 is 22.1 Å². The molecule has 6 nitrogen and oxygen atoms in total. The summed E-state index contributed by atoms with van der Waals surface area (Å²) < 4.78 is 30.8. The van der Waals surface area contributed by atoms with Crippen molar-refractivity contribution in [3.8, 4) is 0 Å². The molecule has 90 valence electrons. The van der Waals surface area contributed by atoms with E-state index in [1.54, 1.807) is 0 Å². The number of aliphatic hydroxyl groups is 1. The van der Waals surface area contributed by atoms with Crippen LogP contribution in [-0.4, -0.2) is 42.4 Å². The lowest BCUT2D eigenvalue weighted by molar-refractivity contribution is -0.115. The van der Waals surface area contributed by atoms with E-state index < -0.39 is 15.9 Å². The zero-order valence-electron chi connectivity index (χ0n) is 8.55. The van der Waals surface area contributed by atoms with Gasteiger partial charge in [-0.15, -0.1) is 0 Å². The van der Waals surface area contributed by atoms with Crippen molar-refractivity contribution in [2.75, 3.05) is 12.3 Å². The minimum Gasteiger partial charge on any atom is -0.748 e. The number of hydrogen-bond donors (Lipinski definition) is 1. The number of rotatable bonds is 4. The number of carbonyl (C=O) groups excluding carboxylic acids is 1. The number of nitrogens with zero attached hydrogens (tertiary/aromatic N) is 1. The summed E-state index contributed by atoms with van der Waals surface area (Å²) in [5.41, 5.74) is 0.120. The summed E-state index contributed by atoms with van der Waals surface area (Å²) in [6.07, 6.45) is 2.52. The maximum atomic E-state index is 11.3. The predicted octanol–water partition coefficient (Wildman–Crippen LogP) is 0.168. The molecule has 0 unspecified atom stereocenters. The predicted molar refractivity (Wildman–Crippen MR) is 56.4 cm³/mol. The van der Waals surface area contributed by atoms with Crippen LogP contribution in [0.1, 0.15) is 19.3 Å². The van der Waals surface area contributed by atoms with E-state index in [0.29, 0.717) is 19.3 Å². The lowest BCUT2D eigenvalue weighted by atomic mass is 9.97. The van der Waals surface area contributed by atoms with Crippen LogP contribution in [0.2, 0.25) is 0 Å². The van der Waals surface area contributed by atoms with Gasteiger partial charge < -0.3 is 9.66 Å². The van der Waals surface area contributed by atoms with E-state index in [-0.39, 0.29) is 23.7 Å². The molecule has 0 fully saturated rings. The molecule has 7 heteroatoms. The maximum Gasteiger partial charge on any atom is 0.167 e. The van der Waals surface area contributed by atoms with Crippen LogP contribution in [0.25, 0.3) is 0 Å². The van der Waals surface area contributed by atoms with Gasteiger partial charge >= 0.3 is 0 Å². The van der Waals surface area contributed by atoms with E-state index in [0.717, 1.165) is 6.21 Å². The molecule has 0 spiro atoms. The zero-order valence-corrected chi connectivity index (χ0v) is 9.37. The molecule has 0 aromatic carbocycles. The SMILES string of the molecule is O=C1CCCC(O)=C1C=NCCS(=O)(=O)[O-]. The first-order chi connectivity index (χ1) is 7.40. The standard InChI is InChI=1S/C9H13NO5S/c11-8-2-1-3-9(12)7(8)6-10-4-5-16(13,14)15/h6,11H,1-5H2,(H,13,14,15)/p-1. The monoisotopic (exact) mass is 246 g/mol. The van der Waals surface area contributed by atoms with Crippen LogP contribution in [0.5, 0.6) is 0 Å². The van der Waals surface area contributed by atoms with Gasteiger partial charge in [-0.3, -0.25) is 9.79 Å². The van der Waals surface area contributed by atoms with Gasteiger partial charge in [0.2, 0.25) is 0 Å². The minimum absolute atomic E-state index is 0.0232. The Bertz CT molecular complexity index is 435. The van der Waals surface area contributed by atoms with Gasteiger partial charge in [0.05, 0.1) is 28.0 Å². The summed E-state index contributed by atoms with van der Waals surface area (Å²) in [6.45, 7) is -0.199. The van der Waals surface area contributed by atoms with Crippen LogP contribution in [0.3, 0.4) is 0 Å². The first-order valence-corrected chi connectivity index (χ1v) is 6.36. The number of hydrogen-bond acceptors (Lipinski definition) is 6. The molecule has 1 rings (SSSR count). The van der Waals surface area contributed by atoms with Gasteiger partial charge in [-0.05, 0) is 6.42 Å². The van der Waals surface area contributed by atoms with Gasteiger partial charge in [0.25, 0.3) is 0 Å². The Morgan fingerprint density at radius 3 is 2.69 bits per heavy atom. The molecule has 1 N–H and O–H groups in total. The van der Waals surface area contributed by atoms with Crippen molar-refractivity contribution in [3.05, 3.63) is 11.3 Å². The molecule has 0 aromatic rings. The van der Waals surface area contributed by atoms with Crippen LogP contribution in [0.4, 0.5) is 0 Å². The molecule has 0 heterocycles. The van der Waals surface area contributed by atoms with Crippen molar-refractivity contribution in [2.24, 2.45) is 4.99 Å². The highest BCUT2D eigenvalue weighted by atomic mass is 32.2. The number of ketones is 1. The van der Waals surface area contributed by atoms with Gasteiger partial charge in [-0.2, -0.15) is 0 Å². The fourth-order valence-corrected chi connectivity index (χ4v) is 1.64. The van der Waals surface area contributed by atoms with Crippen LogP contribution in [-0.2, 0) is 14.9 Å². The zero-order chi connectivity index (χ0) is 12.2. The highest BCUT2D eigenvalue weighted by molar-refractivity contribution is 7.85. The largest absolute Gasteiger partial charge is 0.748 e. The molecule has 1 aliphatic carbocycles. The molecule has 0 atom stereocenters. The third-order valence-corrected chi connectivity index (χ3v) is 2.80. The summed E-state index contributed by atoms with van der Waals surface area (Å²) in [6, 6.07) is 0. The summed E-state index contributed by atoms with van der Waals surface area (Å²) in [7, 11) is -4.28. The van der Waals surface area contributed by atoms with Gasteiger partial charge in [0, 0.05) is 19.1 Å². The van der Waals surface area contributed by atoms with Crippen LogP contribution in [0, 0.1) is 0 Å². The average Bonchev–Trinajstić information content (AvgIpc) is 2.14. The molecule has 0 radical (unpaired) electrons. The maximum absolute atomic E-state index is 11.3. The summed E-state index contributed by atoms with van der Waals surface area (Å²) >= 11 is 0. The third-order valence-electron chi connectivity index (χ3n) is 2.12. The molecular formula is C9H12NO5S-. The first-order valence-electron chi connectivity index (χ1n) is 4.79. The van der Waals surface area contributed by atoms with E-state index in [2.05, 4.69) is 4.99 Å². The number of carbonyl (C=O) groups is 1. The Balaban J connectivity index is 2.59. The van der Waals surface area contributed by atoms with Crippen molar-refractivity contribution in [3.63, 3.8) is 0 Å². The third kappa shape index (κ3) is 4.11. The normalized spacial score (nSPS) is 18.4. The lowest BCUT2D eigenvalue weighted by Crippen LogP contribution is -2.13. The molecule has 0 aromatic heterocycles. The first kappa shape index (κ1) is 12.9. The molecular weight excluding hydrogens is 234 g/mol. The smallest absolute Gasteiger partial charge is 0.167 e. The Morgan fingerprint density at radius 2 is 2.12 bits per heavy atom. The molecule has 0 aliphatic heterocycles. The van der Waals surface area contributed by atoms with Crippen LogP contribution < -0.4 is 0 Å². The van der Waals surface area contributed by atoms with Crippen molar-refractivity contribution < 1.29 is 22.9 Å². The van der Waals surface area contributed by atoms with Crippen LogP contribution >= 0.6 is 0 Å². The fourth-order valence-electron chi connectivity index (χ4n) is 1.31. The molecule has 0 saturated carbocycles. The average molecular weight is 246 g/mol. The van der Waals surface area contributed by atoms with Gasteiger partial charge in [0.15, 0.2) is 5.78 Å². The molecule has 16 heavy (non-hydrogen) atoms. The molecule has 0 saturated heterocycles. The molecule has 1 aliphatic rings. The van der Waals surface area contributed by atoms with Crippen molar-refractivity contribution in [1.29, 1.82) is 0 Å². The number of Topliss-reactive ketones (excluding diaryl/α,β-unsaturated/α-hetero) is 1. The molecule has 0 bridgehead atoms. The number of aliphatic imine (C=N–C) groups is 1. The number of allylic oxidation sites excluding steroid dienone is 2. The second-order valence-electron chi connectivity index (χ2n) is 3.43. The Labute approximate surface area is 93.4 Å². The van der Waals surface area contributed by atoms with Crippen LogP contribution in [0.15, 0.2) is 16.3 Å². The highest BCUT2D eigenvalue weighted by Gasteiger charge is 2.18. The second kappa shape index (κ2) is 5.22. The van der Waals surface area contributed by atoms with E-state index in [9.17, 15) is 22.9 Å². The van der Waals surface area contributed by atoms with Gasteiger partial charge in [0.1, 0.15) is 5.76 Å². The van der Waals surface area contributed by atoms with E-state index in [1.807, 2.05) is 0 Å². The summed E-state index contributed by atoms with van der Waals surface area (Å²) in [4.78, 5) is 14.9. The van der Waals surface area contributed by atoms with Crippen molar-refractivity contribution in [1.82, 2.24) is 0 Å². The molecule has 0 amide bonds. The van der Waals surface area contributed by atoms with E-state index >= 15 is 0 Å². The second-order valence-corrected chi connectivity index (χ2v) is 4.96. The van der Waals surface area contributed by atoms with Crippen molar-refractivity contribution in [2.45, 2.75) is 19.3 Å². The lowest BCUT2D eigenvalue weighted by Gasteiger charge is -2.11.